The van der Waals surface area contributed by atoms with Crippen LogP contribution in [0.1, 0.15) is 55.8 Å². The van der Waals surface area contributed by atoms with Crippen LogP contribution in [-0.2, 0) is 14.8 Å². The molecule has 182 valence electrons. The number of benzene rings is 1. The quantitative estimate of drug-likeness (QED) is 0.684. The minimum Gasteiger partial charge on any atom is -0.378 e. The molecule has 8 heteroatoms. The first-order valence-electron chi connectivity index (χ1n) is 12.4. The Morgan fingerprint density at radius 2 is 1.67 bits per heavy atom. The van der Waals surface area contributed by atoms with Crippen LogP contribution in [0.25, 0.3) is 0 Å². The predicted octanol–water partition coefficient (Wildman–Crippen LogP) is 3.11. The van der Waals surface area contributed by atoms with Gasteiger partial charge in [0.15, 0.2) is 0 Å². The van der Waals surface area contributed by atoms with E-state index in [2.05, 4.69) is 17.1 Å². The minimum atomic E-state index is -3.64. The number of morpholine rings is 1. The average molecular weight is 476 g/mol. The maximum atomic E-state index is 13.7. The zero-order chi connectivity index (χ0) is 23.4. The molecule has 4 aliphatic carbocycles. The fourth-order valence-corrected chi connectivity index (χ4v) is 8.21. The van der Waals surface area contributed by atoms with Crippen molar-refractivity contribution in [3.05, 3.63) is 23.8 Å². The Hall–Kier alpha value is -1.64. The number of rotatable bonds is 6. The summed E-state index contributed by atoms with van der Waals surface area (Å²) >= 11 is 0. The summed E-state index contributed by atoms with van der Waals surface area (Å²) < 4.78 is 32.3. The van der Waals surface area contributed by atoms with Crippen LogP contribution in [0.3, 0.4) is 0 Å². The standard InChI is InChI=1S/C25H37N3O4S/c1-17(25-14-18-10-19(15-25)12-20(11-18)16-25)26-24(29)22-13-21(33(30,31)27(2)3)4-5-23(22)28-6-8-32-9-7-28/h4-5,13,17-20H,6-12,14-16H2,1-3H3,(H,26,29)/t17-,18?,19?,20?,25?/m1/s1. The van der Waals surface area contributed by atoms with E-state index in [1.54, 1.807) is 18.2 Å². The Morgan fingerprint density at radius 1 is 1.09 bits per heavy atom. The van der Waals surface area contributed by atoms with Gasteiger partial charge in [-0.1, -0.05) is 0 Å². The van der Waals surface area contributed by atoms with Crippen molar-refractivity contribution in [2.24, 2.45) is 23.2 Å². The lowest BCUT2D eigenvalue weighted by molar-refractivity contribution is -0.0688. The predicted molar refractivity (Wildman–Crippen MR) is 128 cm³/mol. The Labute approximate surface area is 197 Å². The van der Waals surface area contributed by atoms with Gasteiger partial charge < -0.3 is 15.0 Å². The molecule has 33 heavy (non-hydrogen) atoms. The molecule has 1 atom stereocenters. The molecule has 1 aliphatic heterocycles. The first-order valence-corrected chi connectivity index (χ1v) is 13.8. The van der Waals surface area contributed by atoms with Gasteiger partial charge in [0.1, 0.15) is 0 Å². The summed E-state index contributed by atoms with van der Waals surface area (Å²) in [6.07, 6.45) is 7.74. The van der Waals surface area contributed by atoms with E-state index >= 15 is 0 Å². The van der Waals surface area contributed by atoms with E-state index in [1.807, 2.05) is 0 Å². The highest BCUT2D eigenvalue weighted by atomic mass is 32.2. The third-order valence-electron chi connectivity index (χ3n) is 8.69. The molecule has 5 aliphatic rings. The number of hydrogen-bond donors (Lipinski definition) is 1. The van der Waals surface area contributed by atoms with E-state index in [9.17, 15) is 13.2 Å². The van der Waals surface area contributed by atoms with Gasteiger partial charge in [0.05, 0.1) is 23.7 Å². The number of nitrogens with zero attached hydrogens (tertiary/aromatic N) is 2. The second kappa shape index (κ2) is 8.54. The van der Waals surface area contributed by atoms with Gasteiger partial charge in [0.25, 0.3) is 5.91 Å². The van der Waals surface area contributed by atoms with Crippen molar-refractivity contribution in [2.75, 3.05) is 45.3 Å². The third-order valence-corrected chi connectivity index (χ3v) is 10.5. The van der Waals surface area contributed by atoms with Crippen molar-refractivity contribution in [3.8, 4) is 0 Å². The second-order valence-corrected chi connectivity index (χ2v) is 13.2. The smallest absolute Gasteiger partial charge is 0.253 e. The van der Waals surface area contributed by atoms with E-state index in [1.165, 1.54) is 56.9 Å². The molecule has 5 fully saturated rings. The summed E-state index contributed by atoms with van der Waals surface area (Å²) in [6.45, 7) is 4.74. The Bertz CT molecular complexity index is 981. The molecule has 4 bridgehead atoms. The van der Waals surface area contributed by atoms with Gasteiger partial charge in [-0.3, -0.25) is 4.79 Å². The number of ether oxygens (including phenoxy) is 1. The number of amides is 1. The summed E-state index contributed by atoms with van der Waals surface area (Å²) in [7, 11) is -0.608. The minimum absolute atomic E-state index is 0.0741. The lowest BCUT2D eigenvalue weighted by Gasteiger charge is -2.59. The molecular weight excluding hydrogens is 438 g/mol. The molecule has 7 nitrogen and oxygen atoms in total. The van der Waals surface area contributed by atoms with E-state index in [0.717, 1.165) is 23.4 Å². The van der Waals surface area contributed by atoms with Crippen molar-refractivity contribution in [1.29, 1.82) is 0 Å². The highest BCUT2D eigenvalue weighted by Crippen LogP contribution is 2.61. The molecule has 0 radical (unpaired) electrons. The van der Waals surface area contributed by atoms with Crippen molar-refractivity contribution < 1.29 is 17.9 Å². The highest BCUT2D eigenvalue weighted by molar-refractivity contribution is 7.89. The number of carbonyl (C=O) groups is 1. The number of sulfonamides is 1. The summed E-state index contributed by atoms with van der Waals surface area (Å²) in [5, 5.41) is 3.34. The fourth-order valence-electron chi connectivity index (χ4n) is 7.28. The molecule has 0 aromatic heterocycles. The topological polar surface area (TPSA) is 79.0 Å². The Kier molecular flexibility index (Phi) is 5.98. The monoisotopic (exact) mass is 475 g/mol. The van der Waals surface area contributed by atoms with Crippen LogP contribution in [0.4, 0.5) is 5.69 Å². The largest absolute Gasteiger partial charge is 0.378 e. The average Bonchev–Trinajstić information content (AvgIpc) is 2.78. The Morgan fingerprint density at radius 3 is 2.21 bits per heavy atom. The number of carbonyl (C=O) groups excluding carboxylic acids is 1. The molecule has 1 N–H and O–H groups in total. The lowest BCUT2D eigenvalue weighted by Crippen LogP contribution is -2.55. The molecule has 1 aromatic carbocycles. The van der Waals surface area contributed by atoms with Gasteiger partial charge in [-0.05, 0) is 86.8 Å². The molecular formula is C25H37N3O4S. The van der Waals surface area contributed by atoms with E-state index < -0.39 is 10.0 Å². The van der Waals surface area contributed by atoms with Crippen LogP contribution in [-0.4, -0.2) is 65.1 Å². The van der Waals surface area contributed by atoms with Crippen LogP contribution >= 0.6 is 0 Å². The Balaban J connectivity index is 1.44. The van der Waals surface area contributed by atoms with Crippen LogP contribution in [0.2, 0.25) is 0 Å². The number of anilines is 1. The maximum Gasteiger partial charge on any atom is 0.253 e. The second-order valence-electron chi connectivity index (χ2n) is 11.0. The van der Waals surface area contributed by atoms with E-state index in [0.29, 0.717) is 31.9 Å². The fraction of sp³-hybridized carbons (Fsp3) is 0.720. The summed E-state index contributed by atoms with van der Waals surface area (Å²) in [4.78, 5) is 16.0. The number of nitrogens with one attached hydrogen (secondary N) is 1. The molecule has 1 amide bonds. The van der Waals surface area contributed by atoms with E-state index in [-0.39, 0.29) is 22.3 Å². The zero-order valence-corrected chi connectivity index (χ0v) is 20.9. The van der Waals surface area contributed by atoms with Gasteiger partial charge in [-0.2, -0.15) is 0 Å². The van der Waals surface area contributed by atoms with Crippen molar-refractivity contribution in [3.63, 3.8) is 0 Å². The SMILES string of the molecule is C[C@@H](NC(=O)c1cc(S(=O)(=O)N(C)C)ccc1N1CCOCC1)C12CC3CC(CC(C3)C1)C2. The molecule has 4 saturated carbocycles. The first-order chi connectivity index (χ1) is 15.7. The molecule has 0 unspecified atom stereocenters. The normalized spacial score (nSPS) is 32.2. The van der Waals surface area contributed by atoms with Gasteiger partial charge >= 0.3 is 0 Å². The molecule has 1 saturated heterocycles. The van der Waals surface area contributed by atoms with Crippen molar-refractivity contribution in [2.45, 2.75) is 56.4 Å². The summed E-state index contributed by atoms with van der Waals surface area (Å²) in [6, 6.07) is 5.03. The van der Waals surface area contributed by atoms with E-state index in [4.69, 9.17) is 4.74 Å². The van der Waals surface area contributed by atoms with Gasteiger partial charge in [-0.25, -0.2) is 12.7 Å². The molecule has 0 spiro atoms. The first kappa shape index (κ1) is 23.1. The van der Waals surface area contributed by atoms with Crippen LogP contribution in [0.5, 0.6) is 0 Å². The maximum absolute atomic E-state index is 13.7. The summed E-state index contributed by atoms with van der Waals surface area (Å²) in [5.41, 5.74) is 1.42. The van der Waals surface area contributed by atoms with Gasteiger partial charge in [0, 0.05) is 38.9 Å². The van der Waals surface area contributed by atoms with Gasteiger partial charge in [0.2, 0.25) is 10.0 Å². The highest BCUT2D eigenvalue weighted by Gasteiger charge is 2.53. The van der Waals surface area contributed by atoms with Gasteiger partial charge in [-0.15, -0.1) is 0 Å². The zero-order valence-electron chi connectivity index (χ0n) is 20.0. The summed E-state index contributed by atoms with van der Waals surface area (Å²) in [5.74, 6) is 2.27. The van der Waals surface area contributed by atoms with Crippen LogP contribution in [0, 0.1) is 23.2 Å². The van der Waals surface area contributed by atoms with Crippen LogP contribution in [0.15, 0.2) is 23.1 Å². The number of hydrogen-bond acceptors (Lipinski definition) is 5. The van der Waals surface area contributed by atoms with Crippen molar-refractivity contribution in [1.82, 2.24) is 9.62 Å². The molecule has 6 rings (SSSR count). The van der Waals surface area contributed by atoms with Crippen molar-refractivity contribution >= 4 is 21.6 Å². The van der Waals surface area contributed by atoms with Crippen LogP contribution < -0.4 is 10.2 Å². The molecule has 1 heterocycles. The third kappa shape index (κ3) is 4.19. The lowest BCUT2D eigenvalue weighted by atomic mass is 9.48. The molecule has 1 aromatic rings.